The molecule has 1 aliphatic rings. The van der Waals surface area contributed by atoms with Crippen LogP contribution in [0.4, 0.5) is 10.5 Å². The second-order valence-electron chi connectivity index (χ2n) is 5.39. The summed E-state index contributed by atoms with van der Waals surface area (Å²) in [6.45, 7) is 0.409. The molecule has 22 heavy (non-hydrogen) atoms. The van der Waals surface area contributed by atoms with Gasteiger partial charge in [-0.2, -0.15) is 0 Å². The maximum Gasteiger partial charge on any atom is 0.414 e. The minimum atomic E-state index is -0.296. The zero-order chi connectivity index (χ0) is 14.9. The number of aromatic nitrogens is 2. The number of hydrogen-bond donors (Lipinski definition) is 1. The van der Waals surface area contributed by atoms with Crippen LogP contribution < -0.4 is 4.90 Å². The summed E-state index contributed by atoms with van der Waals surface area (Å²) >= 11 is 0. The van der Waals surface area contributed by atoms with Crippen LogP contribution in [0, 0.1) is 0 Å². The zero-order valence-electron chi connectivity index (χ0n) is 11.9. The summed E-state index contributed by atoms with van der Waals surface area (Å²) in [6.07, 6.45) is 2.12. The van der Waals surface area contributed by atoms with E-state index in [1.807, 2.05) is 36.4 Å². The Morgan fingerprint density at radius 3 is 2.95 bits per heavy atom. The van der Waals surface area contributed by atoms with E-state index >= 15 is 0 Å². The van der Waals surface area contributed by atoms with E-state index in [2.05, 4.69) is 22.1 Å². The molecule has 3 aromatic rings. The first-order valence-corrected chi connectivity index (χ1v) is 7.24. The summed E-state index contributed by atoms with van der Waals surface area (Å²) in [6, 6.07) is 15.9. The summed E-state index contributed by atoms with van der Waals surface area (Å²) in [5, 5.41) is 0. The Labute approximate surface area is 127 Å². The van der Waals surface area contributed by atoms with Crippen molar-refractivity contribution in [2.24, 2.45) is 0 Å². The predicted octanol–water partition coefficient (Wildman–Crippen LogP) is 3.13. The molecule has 1 unspecified atom stereocenters. The van der Waals surface area contributed by atoms with Crippen LogP contribution in [0.5, 0.6) is 0 Å². The highest BCUT2D eigenvalue weighted by atomic mass is 16.6. The highest BCUT2D eigenvalue weighted by molar-refractivity contribution is 5.93. The Morgan fingerprint density at radius 2 is 2.09 bits per heavy atom. The summed E-state index contributed by atoms with van der Waals surface area (Å²) in [5.41, 5.74) is 3.81. The lowest BCUT2D eigenvalue weighted by atomic mass is 10.1. The number of cyclic esters (lactones) is 1. The minimum absolute atomic E-state index is 0.00583. The van der Waals surface area contributed by atoms with Gasteiger partial charge in [0.1, 0.15) is 6.61 Å². The SMILES string of the molecule is O=C1OCC(Cc2ccccc2)N1c1ccc2[nH]cnc2c1. The van der Waals surface area contributed by atoms with E-state index in [1.54, 1.807) is 11.2 Å². The summed E-state index contributed by atoms with van der Waals surface area (Å²) < 4.78 is 5.26. The van der Waals surface area contributed by atoms with Crippen LogP contribution in [0.1, 0.15) is 5.56 Å². The number of nitrogens with one attached hydrogen (secondary N) is 1. The van der Waals surface area contributed by atoms with Crippen molar-refractivity contribution in [2.45, 2.75) is 12.5 Å². The highest BCUT2D eigenvalue weighted by Gasteiger charge is 2.34. The molecule has 1 N–H and O–H groups in total. The number of amides is 1. The van der Waals surface area contributed by atoms with Crippen molar-refractivity contribution < 1.29 is 9.53 Å². The fourth-order valence-corrected chi connectivity index (χ4v) is 2.88. The third kappa shape index (κ3) is 2.20. The number of benzene rings is 2. The second kappa shape index (κ2) is 5.18. The Bertz CT molecular complexity index is 813. The molecule has 1 amide bonds. The Kier molecular flexibility index (Phi) is 3.04. The Morgan fingerprint density at radius 1 is 1.23 bits per heavy atom. The normalized spacial score (nSPS) is 17.9. The van der Waals surface area contributed by atoms with Gasteiger partial charge in [0, 0.05) is 5.69 Å². The quantitative estimate of drug-likeness (QED) is 0.807. The first-order chi connectivity index (χ1) is 10.8. The monoisotopic (exact) mass is 293 g/mol. The van der Waals surface area contributed by atoms with Crippen LogP contribution in [0.15, 0.2) is 54.9 Å². The van der Waals surface area contributed by atoms with Gasteiger partial charge in [0.05, 0.1) is 23.4 Å². The van der Waals surface area contributed by atoms with Crippen molar-refractivity contribution in [3.8, 4) is 0 Å². The van der Waals surface area contributed by atoms with Crippen molar-refractivity contribution >= 4 is 22.8 Å². The molecule has 0 spiro atoms. The maximum atomic E-state index is 12.1. The molecule has 1 atom stereocenters. The summed E-state index contributed by atoms with van der Waals surface area (Å²) in [7, 11) is 0. The van der Waals surface area contributed by atoms with Gasteiger partial charge in [-0.15, -0.1) is 0 Å². The first kappa shape index (κ1) is 12.9. The highest BCUT2D eigenvalue weighted by Crippen LogP contribution is 2.27. The molecule has 1 fully saturated rings. The molecule has 5 heteroatoms. The molecule has 110 valence electrons. The van der Waals surface area contributed by atoms with Crippen LogP contribution in [0.2, 0.25) is 0 Å². The fourth-order valence-electron chi connectivity index (χ4n) is 2.88. The average molecular weight is 293 g/mol. The summed E-state index contributed by atoms with van der Waals surface area (Å²) in [5.74, 6) is 0. The molecule has 4 rings (SSSR count). The maximum absolute atomic E-state index is 12.1. The van der Waals surface area contributed by atoms with Crippen molar-refractivity contribution in [1.82, 2.24) is 9.97 Å². The van der Waals surface area contributed by atoms with Crippen molar-refractivity contribution in [2.75, 3.05) is 11.5 Å². The number of anilines is 1. The van der Waals surface area contributed by atoms with Crippen molar-refractivity contribution in [3.63, 3.8) is 0 Å². The van der Waals surface area contributed by atoms with Crippen LogP contribution in [-0.2, 0) is 11.2 Å². The average Bonchev–Trinajstić information content (AvgIpc) is 3.14. The number of hydrogen-bond acceptors (Lipinski definition) is 3. The number of H-pyrrole nitrogens is 1. The Balaban J connectivity index is 1.66. The van der Waals surface area contributed by atoms with Crippen LogP contribution in [0.25, 0.3) is 11.0 Å². The number of fused-ring (bicyclic) bond motifs is 1. The van der Waals surface area contributed by atoms with E-state index in [0.717, 1.165) is 23.1 Å². The molecule has 2 heterocycles. The van der Waals surface area contributed by atoms with E-state index in [0.29, 0.717) is 6.61 Å². The van der Waals surface area contributed by atoms with Gasteiger partial charge in [-0.3, -0.25) is 4.90 Å². The van der Waals surface area contributed by atoms with Crippen LogP contribution in [-0.4, -0.2) is 28.7 Å². The second-order valence-corrected chi connectivity index (χ2v) is 5.39. The standard InChI is InChI=1S/C17H15N3O2/c21-17-20(13-6-7-15-16(9-13)19-11-18-15)14(10-22-17)8-12-4-2-1-3-5-12/h1-7,9,11,14H,8,10H2,(H,18,19). The van der Waals surface area contributed by atoms with Crippen LogP contribution in [0.3, 0.4) is 0 Å². The molecular formula is C17H15N3O2. The predicted molar refractivity (Wildman–Crippen MR) is 83.9 cm³/mol. The van der Waals surface area contributed by atoms with Gasteiger partial charge in [0.25, 0.3) is 0 Å². The number of carbonyl (C=O) groups is 1. The fraction of sp³-hybridized carbons (Fsp3) is 0.176. The molecule has 5 nitrogen and oxygen atoms in total. The van der Waals surface area contributed by atoms with Gasteiger partial charge in [-0.25, -0.2) is 9.78 Å². The van der Waals surface area contributed by atoms with Gasteiger partial charge in [-0.1, -0.05) is 30.3 Å². The van der Waals surface area contributed by atoms with Crippen LogP contribution >= 0.6 is 0 Å². The molecule has 1 aromatic heterocycles. The lowest BCUT2D eigenvalue weighted by Gasteiger charge is -2.21. The van der Waals surface area contributed by atoms with Gasteiger partial charge in [-0.05, 0) is 30.2 Å². The largest absolute Gasteiger partial charge is 0.447 e. The lowest BCUT2D eigenvalue weighted by Crippen LogP contribution is -2.35. The number of imidazole rings is 1. The van der Waals surface area contributed by atoms with Crippen molar-refractivity contribution in [1.29, 1.82) is 0 Å². The number of ether oxygens (including phenoxy) is 1. The third-order valence-electron chi connectivity index (χ3n) is 3.96. The first-order valence-electron chi connectivity index (χ1n) is 7.24. The molecule has 0 bridgehead atoms. The molecule has 0 aliphatic carbocycles. The van der Waals surface area contributed by atoms with E-state index in [4.69, 9.17) is 4.74 Å². The molecule has 1 saturated heterocycles. The topological polar surface area (TPSA) is 58.2 Å². The Hall–Kier alpha value is -2.82. The summed E-state index contributed by atoms with van der Waals surface area (Å²) in [4.78, 5) is 21.2. The molecule has 1 aliphatic heterocycles. The van der Waals surface area contributed by atoms with Gasteiger partial charge < -0.3 is 9.72 Å². The van der Waals surface area contributed by atoms with Gasteiger partial charge >= 0.3 is 6.09 Å². The number of rotatable bonds is 3. The van der Waals surface area contributed by atoms with Gasteiger partial charge in [0.2, 0.25) is 0 Å². The van der Waals surface area contributed by atoms with E-state index in [1.165, 1.54) is 5.56 Å². The van der Waals surface area contributed by atoms with E-state index in [9.17, 15) is 4.79 Å². The zero-order valence-corrected chi connectivity index (χ0v) is 11.9. The van der Waals surface area contributed by atoms with Crippen molar-refractivity contribution in [3.05, 3.63) is 60.4 Å². The van der Waals surface area contributed by atoms with Gasteiger partial charge in [0.15, 0.2) is 0 Å². The number of carbonyl (C=O) groups excluding carboxylic acids is 1. The molecule has 0 radical (unpaired) electrons. The third-order valence-corrected chi connectivity index (χ3v) is 3.96. The minimum Gasteiger partial charge on any atom is -0.447 e. The lowest BCUT2D eigenvalue weighted by molar-refractivity contribution is 0.178. The van der Waals surface area contributed by atoms with E-state index < -0.39 is 0 Å². The molecular weight excluding hydrogens is 278 g/mol. The molecule has 2 aromatic carbocycles. The number of nitrogens with zero attached hydrogens (tertiary/aromatic N) is 2. The molecule has 0 saturated carbocycles. The number of aromatic amines is 1. The van der Waals surface area contributed by atoms with E-state index in [-0.39, 0.29) is 12.1 Å². The smallest absolute Gasteiger partial charge is 0.414 e.